The van der Waals surface area contributed by atoms with Gasteiger partial charge in [-0.2, -0.15) is 0 Å². The molecule has 1 amide bonds. The highest BCUT2D eigenvalue weighted by Crippen LogP contribution is 2.29. The second-order valence-electron chi connectivity index (χ2n) is 8.57. The van der Waals surface area contributed by atoms with Crippen LogP contribution in [0.1, 0.15) is 50.5 Å². The second-order valence-corrected chi connectivity index (χ2v) is 8.57. The van der Waals surface area contributed by atoms with Gasteiger partial charge >= 0.3 is 5.97 Å². The van der Waals surface area contributed by atoms with E-state index in [1.54, 1.807) is 4.90 Å². The third kappa shape index (κ3) is 6.76. The van der Waals surface area contributed by atoms with Crippen LogP contribution in [0.5, 0.6) is 0 Å². The van der Waals surface area contributed by atoms with Crippen LogP contribution < -0.4 is 5.73 Å². The Labute approximate surface area is 185 Å². The van der Waals surface area contributed by atoms with E-state index in [9.17, 15) is 9.59 Å². The molecular formula is C24H36N2O5. The number of amides is 1. The SMILES string of the molecule is COC(=O)[C@@H]1C[C@@H](OCCCOCc2ccccc2)CN1C(=O)[C@@H](N)C1CCCCC1. The van der Waals surface area contributed by atoms with Crippen LogP contribution in [0.15, 0.2) is 30.3 Å². The first-order chi connectivity index (χ1) is 15.1. The molecule has 0 radical (unpaired) electrons. The molecule has 1 aliphatic heterocycles. The molecule has 1 saturated heterocycles. The summed E-state index contributed by atoms with van der Waals surface area (Å²) < 4.78 is 16.6. The van der Waals surface area contributed by atoms with Crippen molar-refractivity contribution in [3.63, 3.8) is 0 Å². The van der Waals surface area contributed by atoms with Gasteiger partial charge in [-0.1, -0.05) is 49.6 Å². The van der Waals surface area contributed by atoms with Crippen LogP contribution in [0.3, 0.4) is 0 Å². The summed E-state index contributed by atoms with van der Waals surface area (Å²) in [6, 6.07) is 8.86. The normalized spacial score (nSPS) is 23.0. The Morgan fingerprint density at radius 1 is 1.13 bits per heavy atom. The summed E-state index contributed by atoms with van der Waals surface area (Å²) in [4.78, 5) is 27.0. The molecule has 1 aromatic carbocycles. The molecule has 3 rings (SSSR count). The van der Waals surface area contributed by atoms with E-state index < -0.39 is 18.1 Å². The molecule has 2 aliphatic rings. The van der Waals surface area contributed by atoms with Crippen LogP contribution in [0.4, 0.5) is 0 Å². The smallest absolute Gasteiger partial charge is 0.328 e. The minimum atomic E-state index is -0.619. The minimum absolute atomic E-state index is 0.153. The van der Waals surface area contributed by atoms with E-state index in [0.29, 0.717) is 32.8 Å². The molecule has 3 atom stereocenters. The van der Waals surface area contributed by atoms with Gasteiger partial charge in [0.05, 0.1) is 25.9 Å². The maximum Gasteiger partial charge on any atom is 0.328 e. The van der Waals surface area contributed by atoms with Crippen LogP contribution in [0, 0.1) is 5.92 Å². The van der Waals surface area contributed by atoms with E-state index in [0.717, 1.165) is 37.7 Å². The number of esters is 1. The molecule has 1 aliphatic carbocycles. The predicted molar refractivity (Wildman–Crippen MR) is 117 cm³/mol. The van der Waals surface area contributed by atoms with Gasteiger partial charge in [-0.3, -0.25) is 4.79 Å². The molecule has 1 aromatic rings. The summed E-state index contributed by atoms with van der Waals surface area (Å²) in [5.74, 6) is -0.359. The molecule has 7 nitrogen and oxygen atoms in total. The van der Waals surface area contributed by atoms with Crippen molar-refractivity contribution in [3.8, 4) is 0 Å². The number of carbonyl (C=O) groups excluding carboxylic acids is 2. The Morgan fingerprint density at radius 2 is 1.87 bits per heavy atom. The highest BCUT2D eigenvalue weighted by atomic mass is 16.5. The summed E-state index contributed by atoms with van der Waals surface area (Å²) in [6.45, 7) is 2.07. The molecule has 0 bridgehead atoms. The van der Waals surface area contributed by atoms with Crippen LogP contribution in [0.25, 0.3) is 0 Å². The van der Waals surface area contributed by atoms with Crippen molar-refractivity contribution >= 4 is 11.9 Å². The Morgan fingerprint density at radius 3 is 2.58 bits per heavy atom. The van der Waals surface area contributed by atoms with E-state index in [2.05, 4.69) is 0 Å². The Balaban J connectivity index is 1.44. The number of likely N-dealkylation sites (tertiary alicyclic amines) is 1. The van der Waals surface area contributed by atoms with E-state index in [-0.39, 0.29) is 17.9 Å². The predicted octanol–water partition coefficient (Wildman–Crippen LogP) is 2.66. The number of methoxy groups -OCH3 is 1. The molecule has 0 spiro atoms. The number of ether oxygens (including phenoxy) is 3. The van der Waals surface area contributed by atoms with Crippen molar-refractivity contribution in [2.24, 2.45) is 11.7 Å². The first-order valence-electron chi connectivity index (χ1n) is 11.5. The van der Waals surface area contributed by atoms with Crippen molar-refractivity contribution in [1.82, 2.24) is 4.90 Å². The third-order valence-corrected chi connectivity index (χ3v) is 6.36. The van der Waals surface area contributed by atoms with Gasteiger partial charge < -0.3 is 24.8 Å². The van der Waals surface area contributed by atoms with Crippen molar-refractivity contribution in [3.05, 3.63) is 35.9 Å². The fraction of sp³-hybridized carbons (Fsp3) is 0.667. The summed E-state index contributed by atoms with van der Waals surface area (Å²) in [7, 11) is 1.35. The fourth-order valence-electron chi connectivity index (χ4n) is 4.58. The average Bonchev–Trinajstić information content (AvgIpc) is 3.25. The molecule has 31 heavy (non-hydrogen) atoms. The number of nitrogens with zero attached hydrogens (tertiary/aromatic N) is 1. The third-order valence-electron chi connectivity index (χ3n) is 6.36. The molecule has 1 saturated carbocycles. The number of benzene rings is 1. The summed E-state index contributed by atoms with van der Waals surface area (Å²) in [6.07, 6.45) is 6.40. The molecular weight excluding hydrogens is 396 g/mol. The van der Waals surface area contributed by atoms with E-state index in [4.69, 9.17) is 19.9 Å². The lowest BCUT2D eigenvalue weighted by molar-refractivity contribution is -0.151. The Hall–Kier alpha value is -1.96. The van der Waals surface area contributed by atoms with Crippen molar-refractivity contribution in [2.45, 2.75) is 69.7 Å². The van der Waals surface area contributed by atoms with Crippen LogP contribution in [0.2, 0.25) is 0 Å². The molecule has 7 heteroatoms. The van der Waals surface area contributed by atoms with Gasteiger partial charge in [-0.15, -0.1) is 0 Å². The van der Waals surface area contributed by atoms with Crippen molar-refractivity contribution in [2.75, 3.05) is 26.9 Å². The number of rotatable bonds is 10. The van der Waals surface area contributed by atoms with E-state index in [1.165, 1.54) is 13.5 Å². The maximum atomic E-state index is 13.1. The van der Waals surface area contributed by atoms with Crippen LogP contribution in [-0.4, -0.2) is 61.8 Å². The molecule has 0 aromatic heterocycles. The van der Waals surface area contributed by atoms with Gasteiger partial charge in [-0.05, 0) is 30.7 Å². The van der Waals surface area contributed by atoms with Gasteiger partial charge in [0.2, 0.25) is 5.91 Å². The molecule has 2 N–H and O–H groups in total. The first kappa shape index (κ1) is 23.7. The average molecular weight is 433 g/mol. The number of nitrogens with two attached hydrogens (primary N) is 1. The molecule has 2 fully saturated rings. The van der Waals surface area contributed by atoms with Gasteiger partial charge in [0.1, 0.15) is 6.04 Å². The highest BCUT2D eigenvalue weighted by molar-refractivity contribution is 5.88. The zero-order chi connectivity index (χ0) is 22.1. The molecule has 1 heterocycles. The monoisotopic (exact) mass is 432 g/mol. The number of hydrogen-bond acceptors (Lipinski definition) is 6. The quantitative estimate of drug-likeness (QED) is 0.452. The van der Waals surface area contributed by atoms with Crippen LogP contribution in [-0.2, 0) is 30.4 Å². The van der Waals surface area contributed by atoms with Gasteiger partial charge in [0.25, 0.3) is 0 Å². The Bertz CT molecular complexity index is 692. The largest absolute Gasteiger partial charge is 0.467 e. The number of carbonyl (C=O) groups is 2. The van der Waals surface area contributed by atoms with Crippen molar-refractivity contribution < 1.29 is 23.8 Å². The van der Waals surface area contributed by atoms with E-state index >= 15 is 0 Å². The maximum absolute atomic E-state index is 13.1. The standard InChI is InChI=1S/C24H36N2O5/c1-29-24(28)21-15-20(31-14-8-13-30-17-18-9-4-2-5-10-18)16-26(21)23(27)22(25)19-11-6-3-7-12-19/h2,4-5,9-10,19-22H,3,6-8,11-17,25H2,1H3/t20-,21+,22+/m1/s1. The number of hydrogen-bond donors (Lipinski definition) is 1. The summed E-state index contributed by atoms with van der Waals surface area (Å²) >= 11 is 0. The van der Waals surface area contributed by atoms with Gasteiger partial charge in [0, 0.05) is 26.2 Å². The second kappa shape index (κ2) is 12.2. The highest BCUT2D eigenvalue weighted by Gasteiger charge is 2.43. The van der Waals surface area contributed by atoms with Gasteiger partial charge in [-0.25, -0.2) is 4.79 Å². The summed E-state index contributed by atoms with van der Waals surface area (Å²) in [5.41, 5.74) is 7.47. The fourth-order valence-corrected chi connectivity index (χ4v) is 4.58. The topological polar surface area (TPSA) is 91.1 Å². The zero-order valence-corrected chi connectivity index (χ0v) is 18.5. The lowest BCUT2D eigenvalue weighted by atomic mass is 9.83. The van der Waals surface area contributed by atoms with E-state index in [1.807, 2.05) is 30.3 Å². The van der Waals surface area contributed by atoms with Crippen LogP contribution >= 0.6 is 0 Å². The first-order valence-corrected chi connectivity index (χ1v) is 11.5. The summed E-state index contributed by atoms with van der Waals surface area (Å²) in [5, 5.41) is 0. The van der Waals surface area contributed by atoms with Gasteiger partial charge in [0.15, 0.2) is 0 Å². The molecule has 172 valence electrons. The van der Waals surface area contributed by atoms with Crippen molar-refractivity contribution in [1.29, 1.82) is 0 Å². The lowest BCUT2D eigenvalue weighted by Gasteiger charge is -2.31. The molecule has 0 unspecified atom stereocenters. The lowest BCUT2D eigenvalue weighted by Crippen LogP contribution is -2.52. The Kier molecular flexibility index (Phi) is 9.31. The minimum Gasteiger partial charge on any atom is -0.467 e. The zero-order valence-electron chi connectivity index (χ0n) is 18.5.